The van der Waals surface area contributed by atoms with Gasteiger partial charge in [-0.1, -0.05) is 32.0 Å². The van der Waals surface area contributed by atoms with Crippen LogP contribution in [0.2, 0.25) is 0 Å². The van der Waals surface area contributed by atoms with E-state index in [0.29, 0.717) is 11.3 Å². The van der Waals surface area contributed by atoms with Gasteiger partial charge in [0.2, 0.25) is 0 Å². The molecule has 1 aliphatic heterocycles. The fourth-order valence-corrected chi connectivity index (χ4v) is 3.62. The first kappa shape index (κ1) is 25.6. The Bertz CT molecular complexity index is 1090. The highest BCUT2D eigenvalue weighted by Crippen LogP contribution is 2.36. The van der Waals surface area contributed by atoms with E-state index in [2.05, 4.69) is 6.07 Å². The highest BCUT2D eigenvalue weighted by atomic mass is 19.4. The van der Waals surface area contributed by atoms with Crippen LogP contribution in [0.15, 0.2) is 42.5 Å². The summed E-state index contributed by atoms with van der Waals surface area (Å²) in [5, 5.41) is 19.2. The lowest BCUT2D eigenvalue weighted by Gasteiger charge is -2.40. The Morgan fingerprint density at radius 3 is 2.24 bits per heavy atom. The van der Waals surface area contributed by atoms with Crippen LogP contribution in [0.1, 0.15) is 44.4 Å². The maximum absolute atomic E-state index is 12.5. The van der Waals surface area contributed by atoms with Crippen molar-refractivity contribution in [2.24, 2.45) is 0 Å². The average molecular weight is 462 g/mol. The molecule has 1 heterocycles. The number of nitrogens with two attached hydrogens (primary N) is 1. The predicted octanol–water partition coefficient (Wildman–Crippen LogP) is 4.85. The molecule has 0 bridgehead atoms. The van der Waals surface area contributed by atoms with Gasteiger partial charge in [-0.3, -0.25) is 14.9 Å². The van der Waals surface area contributed by atoms with Gasteiger partial charge in [0, 0.05) is 36.3 Å². The van der Waals surface area contributed by atoms with Crippen LogP contribution in [0.25, 0.3) is 0 Å². The second-order valence-corrected chi connectivity index (χ2v) is 9.00. The zero-order valence-electron chi connectivity index (χ0n) is 18.7. The van der Waals surface area contributed by atoms with Crippen molar-refractivity contribution in [1.29, 1.82) is 5.26 Å². The molecule has 1 aliphatic rings. The van der Waals surface area contributed by atoms with Crippen molar-refractivity contribution in [2.45, 2.75) is 51.2 Å². The molecule has 0 saturated carbocycles. The highest BCUT2D eigenvalue weighted by molar-refractivity contribution is 5.82. The van der Waals surface area contributed by atoms with E-state index in [1.807, 2.05) is 19.9 Å². The number of nitrogen functional groups attached to an aromatic ring is 1. The third kappa shape index (κ3) is 6.00. The predicted molar refractivity (Wildman–Crippen MR) is 117 cm³/mol. The van der Waals surface area contributed by atoms with Crippen LogP contribution < -0.4 is 5.73 Å². The van der Waals surface area contributed by atoms with Gasteiger partial charge in [0.05, 0.1) is 16.4 Å². The summed E-state index contributed by atoms with van der Waals surface area (Å²) in [6.07, 6.45) is -4.84. The van der Waals surface area contributed by atoms with Crippen molar-refractivity contribution in [3.8, 4) is 6.07 Å². The molecule has 3 rings (SSSR count). The Morgan fingerprint density at radius 2 is 1.76 bits per heavy atom. The number of fused-ring (bicyclic) bond motifs is 1. The number of hydrogen-bond donors (Lipinski definition) is 1. The van der Waals surface area contributed by atoms with Crippen LogP contribution in [0.3, 0.4) is 0 Å². The van der Waals surface area contributed by atoms with Gasteiger partial charge in [-0.2, -0.15) is 18.4 Å². The molecule has 2 aromatic rings. The topological polar surface area (TPSA) is 113 Å². The van der Waals surface area contributed by atoms with E-state index >= 15 is 0 Å². The summed E-state index contributed by atoms with van der Waals surface area (Å²) in [5.74, 6) is -1.80. The minimum absolute atomic E-state index is 0.0439. The first-order chi connectivity index (χ1) is 15.1. The van der Waals surface area contributed by atoms with Crippen LogP contribution in [-0.2, 0) is 22.2 Å². The minimum atomic E-state index is -4.84. The number of rotatable bonds is 2. The van der Waals surface area contributed by atoms with E-state index in [1.165, 1.54) is 12.1 Å². The minimum Gasteiger partial charge on any atom is -0.399 e. The molecule has 0 unspecified atom stereocenters. The number of halogens is 3. The lowest BCUT2D eigenvalue weighted by atomic mass is 9.78. The zero-order valence-corrected chi connectivity index (χ0v) is 18.7. The molecular weight excluding hydrogens is 437 g/mol. The summed E-state index contributed by atoms with van der Waals surface area (Å²) >= 11 is 0. The van der Waals surface area contributed by atoms with Gasteiger partial charge in [0.25, 0.3) is 5.69 Å². The molecule has 0 aromatic heterocycles. The maximum atomic E-state index is 12.5. The van der Waals surface area contributed by atoms with E-state index in [1.54, 1.807) is 38.1 Å². The second kappa shape index (κ2) is 9.10. The van der Waals surface area contributed by atoms with Crippen molar-refractivity contribution >= 4 is 17.3 Å². The van der Waals surface area contributed by atoms with Crippen molar-refractivity contribution in [1.82, 2.24) is 4.90 Å². The van der Waals surface area contributed by atoms with Gasteiger partial charge >= 0.3 is 12.1 Å². The van der Waals surface area contributed by atoms with E-state index in [0.717, 1.165) is 16.0 Å². The number of nitrogens with zero attached hydrogens (tertiary/aromatic N) is 3. The lowest BCUT2D eigenvalue weighted by Crippen LogP contribution is -2.49. The Hall–Kier alpha value is -3.61. The van der Waals surface area contributed by atoms with E-state index < -0.39 is 27.8 Å². The van der Waals surface area contributed by atoms with Gasteiger partial charge in [-0.15, -0.1) is 0 Å². The van der Waals surface area contributed by atoms with E-state index in [9.17, 15) is 28.1 Å². The monoisotopic (exact) mass is 462 g/mol. The number of anilines is 1. The summed E-state index contributed by atoms with van der Waals surface area (Å²) in [5.41, 5.74) is 7.45. The van der Waals surface area contributed by atoms with Crippen LogP contribution in [0.5, 0.6) is 0 Å². The number of amides is 1. The van der Waals surface area contributed by atoms with E-state index in [-0.39, 0.29) is 18.8 Å². The van der Waals surface area contributed by atoms with Crippen LogP contribution in [-0.4, -0.2) is 28.5 Å². The van der Waals surface area contributed by atoms with Gasteiger partial charge in [-0.05, 0) is 42.7 Å². The van der Waals surface area contributed by atoms with Crippen molar-refractivity contribution in [2.75, 3.05) is 12.3 Å². The summed E-state index contributed by atoms with van der Waals surface area (Å²) in [7, 11) is 0. The molecule has 2 aromatic carbocycles. The van der Waals surface area contributed by atoms with Crippen molar-refractivity contribution in [3.05, 3.63) is 69.3 Å². The fourth-order valence-electron chi connectivity index (χ4n) is 3.62. The Kier molecular flexibility index (Phi) is 7.07. The molecule has 7 nitrogen and oxygen atoms in total. The van der Waals surface area contributed by atoms with Crippen molar-refractivity contribution in [3.63, 3.8) is 0 Å². The summed E-state index contributed by atoms with van der Waals surface area (Å²) in [4.78, 5) is 22.1. The number of carbonyl (C=O) groups is 1. The molecular formula is C23H25F3N4O3. The Balaban J connectivity index is 0.000000245. The number of nitro groups is 1. The highest BCUT2D eigenvalue weighted by Gasteiger charge is 2.45. The molecule has 176 valence electrons. The summed E-state index contributed by atoms with van der Waals surface area (Å²) in [6, 6.07) is 13.4. The van der Waals surface area contributed by atoms with Gasteiger partial charge in [0.15, 0.2) is 0 Å². The molecule has 33 heavy (non-hydrogen) atoms. The average Bonchev–Trinajstić information content (AvgIpc) is 2.72. The standard InChI is InChI=1S/C13H15F3N2O.C10H10N2O2/c1-12(2)7-18(11(19)13(14,15)16)6-8-5-9(17)3-4-10(8)12;1-10(2,7-11)8-3-5-9(6-4-8)12(13)14/h3-5H,6-7,17H2,1-2H3;3-6H,1-2H3. The molecule has 1 amide bonds. The smallest absolute Gasteiger partial charge is 0.399 e. The normalized spacial score (nSPS) is 14.9. The number of hydrogen-bond acceptors (Lipinski definition) is 5. The zero-order chi connectivity index (χ0) is 25.2. The van der Waals surface area contributed by atoms with Crippen LogP contribution in [0, 0.1) is 21.4 Å². The molecule has 0 fully saturated rings. The maximum Gasteiger partial charge on any atom is 0.471 e. The van der Waals surface area contributed by atoms with Gasteiger partial charge < -0.3 is 10.6 Å². The number of benzene rings is 2. The fraction of sp³-hybridized carbons (Fsp3) is 0.391. The number of alkyl halides is 3. The first-order valence-electron chi connectivity index (χ1n) is 9.99. The third-order valence-corrected chi connectivity index (χ3v) is 5.41. The molecule has 2 N–H and O–H groups in total. The molecule has 0 aliphatic carbocycles. The molecule has 0 saturated heterocycles. The van der Waals surface area contributed by atoms with Crippen LogP contribution >= 0.6 is 0 Å². The van der Waals surface area contributed by atoms with Crippen LogP contribution in [0.4, 0.5) is 24.5 Å². The number of carbonyl (C=O) groups excluding carboxylic acids is 1. The quantitative estimate of drug-likeness (QED) is 0.389. The number of non-ortho nitro benzene ring substituents is 1. The Morgan fingerprint density at radius 1 is 1.18 bits per heavy atom. The molecule has 0 spiro atoms. The molecule has 10 heteroatoms. The largest absolute Gasteiger partial charge is 0.471 e. The molecule has 0 atom stereocenters. The van der Waals surface area contributed by atoms with Gasteiger partial charge in [-0.25, -0.2) is 0 Å². The third-order valence-electron chi connectivity index (χ3n) is 5.41. The van der Waals surface area contributed by atoms with Crippen molar-refractivity contribution < 1.29 is 22.9 Å². The lowest BCUT2D eigenvalue weighted by molar-refractivity contribution is -0.384. The van der Waals surface area contributed by atoms with E-state index in [4.69, 9.17) is 11.0 Å². The first-order valence-corrected chi connectivity index (χ1v) is 9.99. The number of nitriles is 1. The summed E-state index contributed by atoms with van der Waals surface area (Å²) < 4.78 is 37.6. The summed E-state index contributed by atoms with van der Waals surface area (Å²) in [6.45, 7) is 7.17. The number of nitro benzene ring substituents is 1. The SMILES string of the molecule is CC(C)(C#N)c1ccc([N+](=O)[O-])cc1.CC1(C)CN(C(=O)C(F)(F)F)Cc2cc(N)ccc21. The second-order valence-electron chi connectivity index (χ2n) is 9.00. The molecule has 0 radical (unpaired) electrons. The Labute approximate surface area is 189 Å². The van der Waals surface area contributed by atoms with Gasteiger partial charge in [0.1, 0.15) is 0 Å².